The lowest BCUT2D eigenvalue weighted by molar-refractivity contribution is -0.117. The van der Waals surface area contributed by atoms with Crippen molar-refractivity contribution in [2.75, 3.05) is 19.6 Å². The average Bonchev–Trinajstić information content (AvgIpc) is 3.00. The Hall–Kier alpha value is -2.24. The Bertz CT molecular complexity index is 896. The topological polar surface area (TPSA) is 62.5 Å². The Morgan fingerprint density at radius 3 is 2.25 bits per heavy atom. The first kappa shape index (κ1) is 20.5. The van der Waals surface area contributed by atoms with Crippen molar-refractivity contribution in [2.24, 2.45) is 0 Å². The van der Waals surface area contributed by atoms with Gasteiger partial charge in [-0.05, 0) is 44.9 Å². The highest BCUT2D eigenvalue weighted by molar-refractivity contribution is 5.75. The second-order valence-corrected chi connectivity index (χ2v) is 8.69. The Morgan fingerprint density at radius 1 is 1.11 bits per heavy atom. The van der Waals surface area contributed by atoms with E-state index in [1.165, 1.54) is 17.1 Å². The molecule has 1 aromatic carbocycles. The second kappa shape index (κ2) is 8.02. The lowest BCUT2D eigenvalue weighted by Gasteiger charge is -2.25. The van der Waals surface area contributed by atoms with Gasteiger partial charge < -0.3 is 9.67 Å². The van der Waals surface area contributed by atoms with Crippen LogP contribution >= 0.6 is 0 Å². The number of pyridine rings is 1. The molecule has 5 heteroatoms. The Balaban J connectivity index is 1.97. The van der Waals surface area contributed by atoms with E-state index in [1.807, 2.05) is 45.0 Å². The minimum absolute atomic E-state index is 0.0302. The number of carbonyl (C=O) groups is 1. The van der Waals surface area contributed by atoms with Gasteiger partial charge in [-0.3, -0.25) is 14.5 Å². The van der Waals surface area contributed by atoms with Gasteiger partial charge in [0.05, 0.1) is 12.1 Å². The fraction of sp³-hybridized carbons (Fsp3) is 0.478. The first-order valence-corrected chi connectivity index (χ1v) is 9.84. The SMILES string of the molecule is CC(=O)Cn1c(C)cc([C@H]2CN(CC(C)(C)O)C[C@H]2c2ccccc2)cc1=O. The van der Waals surface area contributed by atoms with Crippen molar-refractivity contribution in [1.82, 2.24) is 9.47 Å². The normalized spacial score (nSPS) is 20.5. The quantitative estimate of drug-likeness (QED) is 0.834. The second-order valence-electron chi connectivity index (χ2n) is 8.69. The van der Waals surface area contributed by atoms with Crippen molar-refractivity contribution in [1.29, 1.82) is 0 Å². The third kappa shape index (κ3) is 4.78. The number of aliphatic hydroxyl groups is 1. The molecule has 1 N–H and O–H groups in total. The van der Waals surface area contributed by atoms with E-state index in [9.17, 15) is 14.7 Å². The summed E-state index contributed by atoms with van der Waals surface area (Å²) < 4.78 is 1.53. The van der Waals surface area contributed by atoms with Gasteiger partial charge in [-0.15, -0.1) is 0 Å². The minimum atomic E-state index is -0.767. The number of Topliss-reactive ketones (excluding diaryl/α,β-unsaturated/α-hetero) is 1. The zero-order chi connectivity index (χ0) is 20.5. The molecule has 2 atom stereocenters. The lowest BCUT2D eigenvalue weighted by atomic mass is 9.84. The minimum Gasteiger partial charge on any atom is -0.389 e. The molecule has 0 bridgehead atoms. The number of carbonyl (C=O) groups excluding carboxylic acids is 1. The molecule has 1 aliphatic heterocycles. The van der Waals surface area contributed by atoms with Crippen LogP contribution in [-0.4, -0.2) is 45.6 Å². The van der Waals surface area contributed by atoms with Crippen molar-refractivity contribution in [3.8, 4) is 0 Å². The van der Waals surface area contributed by atoms with Crippen molar-refractivity contribution in [3.05, 3.63) is 69.6 Å². The molecule has 2 aromatic rings. The summed E-state index contributed by atoms with van der Waals surface area (Å²) in [5.41, 5.74) is 2.17. The third-order valence-electron chi connectivity index (χ3n) is 5.40. The molecule has 1 saturated heterocycles. The molecule has 150 valence electrons. The highest BCUT2D eigenvalue weighted by Gasteiger charge is 2.36. The summed E-state index contributed by atoms with van der Waals surface area (Å²) in [4.78, 5) is 26.4. The Kier molecular flexibility index (Phi) is 5.87. The van der Waals surface area contributed by atoms with Crippen molar-refractivity contribution in [3.63, 3.8) is 0 Å². The van der Waals surface area contributed by atoms with Gasteiger partial charge in [0, 0.05) is 43.2 Å². The van der Waals surface area contributed by atoms with Gasteiger partial charge in [0.2, 0.25) is 0 Å². The number of β-amino-alcohol motifs (C(OH)–C–C–N with tert-alkyl or cyclic N) is 1. The number of hydrogen-bond donors (Lipinski definition) is 1. The molecule has 2 heterocycles. The van der Waals surface area contributed by atoms with Gasteiger partial charge in [0.25, 0.3) is 5.56 Å². The predicted molar refractivity (Wildman–Crippen MR) is 111 cm³/mol. The maximum atomic E-state index is 12.7. The standard InChI is InChI=1S/C23H30N2O3/c1-16-10-19(11-22(27)25(16)12-17(2)26)21-14-24(15-23(3,4)28)13-20(21)18-8-6-5-7-9-18/h5-11,20-21,28H,12-15H2,1-4H3/t20-,21+/m0/s1. The molecule has 1 aliphatic rings. The van der Waals surface area contributed by atoms with Crippen LogP contribution in [0.3, 0.4) is 0 Å². The summed E-state index contributed by atoms with van der Waals surface area (Å²) >= 11 is 0. The van der Waals surface area contributed by atoms with Gasteiger partial charge >= 0.3 is 0 Å². The summed E-state index contributed by atoms with van der Waals surface area (Å²) in [5.74, 6) is 0.395. The maximum Gasteiger partial charge on any atom is 0.251 e. The maximum absolute atomic E-state index is 12.7. The van der Waals surface area contributed by atoms with E-state index in [4.69, 9.17) is 0 Å². The van der Waals surface area contributed by atoms with Crippen molar-refractivity contribution < 1.29 is 9.90 Å². The molecule has 28 heavy (non-hydrogen) atoms. The van der Waals surface area contributed by atoms with Crippen LogP contribution in [-0.2, 0) is 11.3 Å². The molecule has 1 aromatic heterocycles. The number of ketones is 1. The van der Waals surface area contributed by atoms with E-state index < -0.39 is 5.60 Å². The van der Waals surface area contributed by atoms with E-state index in [0.29, 0.717) is 6.54 Å². The van der Waals surface area contributed by atoms with E-state index >= 15 is 0 Å². The van der Waals surface area contributed by atoms with E-state index in [-0.39, 0.29) is 29.7 Å². The van der Waals surface area contributed by atoms with Crippen LogP contribution in [0.1, 0.15) is 49.4 Å². The van der Waals surface area contributed by atoms with Gasteiger partial charge in [-0.25, -0.2) is 0 Å². The monoisotopic (exact) mass is 382 g/mol. The third-order valence-corrected chi connectivity index (χ3v) is 5.40. The van der Waals surface area contributed by atoms with Gasteiger partial charge in [0.1, 0.15) is 5.78 Å². The lowest BCUT2D eigenvalue weighted by Crippen LogP contribution is -2.37. The van der Waals surface area contributed by atoms with Crippen LogP contribution in [0.5, 0.6) is 0 Å². The molecule has 0 unspecified atom stereocenters. The highest BCUT2D eigenvalue weighted by atomic mass is 16.3. The Labute approximate surface area is 166 Å². The van der Waals surface area contributed by atoms with E-state index in [2.05, 4.69) is 17.0 Å². The molecular formula is C23H30N2O3. The van der Waals surface area contributed by atoms with Crippen LogP contribution in [0.4, 0.5) is 0 Å². The number of aryl methyl sites for hydroxylation is 1. The molecule has 0 aliphatic carbocycles. The van der Waals surface area contributed by atoms with Crippen LogP contribution in [0.2, 0.25) is 0 Å². The van der Waals surface area contributed by atoms with Crippen LogP contribution in [0.15, 0.2) is 47.3 Å². The number of rotatable bonds is 6. The first-order chi connectivity index (χ1) is 13.1. The first-order valence-electron chi connectivity index (χ1n) is 9.84. The van der Waals surface area contributed by atoms with Crippen LogP contribution in [0, 0.1) is 6.92 Å². The van der Waals surface area contributed by atoms with Gasteiger partial charge in [0.15, 0.2) is 0 Å². The Morgan fingerprint density at radius 2 is 1.71 bits per heavy atom. The predicted octanol–water partition coefficient (Wildman–Crippen LogP) is 2.70. The largest absolute Gasteiger partial charge is 0.389 e. The molecule has 0 amide bonds. The summed E-state index contributed by atoms with van der Waals surface area (Å²) in [6.45, 7) is 9.37. The number of benzene rings is 1. The van der Waals surface area contributed by atoms with E-state index in [1.54, 1.807) is 6.07 Å². The number of aromatic nitrogens is 1. The number of likely N-dealkylation sites (tertiary alicyclic amines) is 1. The molecule has 3 rings (SSSR count). The number of hydrogen-bond acceptors (Lipinski definition) is 4. The average molecular weight is 383 g/mol. The van der Waals surface area contributed by atoms with Crippen molar-refractivity contribution in [2.45, 2.75) is 51.7 Å². The molecular weight excluding hydrogens is 352 g/mol. The fourth-order valence-electron chi connectivity index (χ4n) is 4.33. The molecule has 0 saturated carbocycles. The highest BCUT2D eigenvalue weighted by Crippen LogP contribution is 2.39. The van der Waals surface area contributed by atoms with Crippen LogP contribution in [0.25, 0.3) is 0 Å². The molecule has 5 nitrogen and oxygen atoms in total. The van der Waals surface area contributed by atoms with Gasteiger partial charge in [-0.2, -0.15) is 0 Å². The zero-order valence-electron chi connectivity index (χ0n) is 17.2. The summed E-state index contributed by atoms with van der Waals surface area (Å²) in [6, 6.07) is 14.1. The van der Waals surface area contributed by atoms with Gasteiger partial charge in [-0.1, -0.05) is 30.3 Å². The molecule has 1 fully saturated rings. The fourth-order valence-corrected chi connectivity index (χ4v) is 4.33. The summed E-state index contributed by atoms with van der Waals surface area (Å²) in [5, 5.41) is 10.3. The number of nitrogens with zero attached hydrogens (tertiary/aromatic N) is 2. The smallest absolute Gasteiger partial charge is 0.251 e. The van der Waals surface area contributed by atoms with Crippen LogP contribution < -0.4 is 5.56 Å². The molecule has 0 spiro atoms. The summed E-state index contributed by atoms with van der Waals surface area (Å²) in [6.07, 6.45) is 0. The molecule has 0 radical (unpaired) electrons. The zero-order valence-corrected chi connectivity index (χ0v) is 17.2. The van der Waals surface area contributed by atoms with Crippen molar-refractivity contribution >= 4 is 5.78 Å². The van der Waals surface area contributed by atoms with E-state index in [0.717, 1.165) is 24.3 Å². The summed E-state index contributed by atoms with van der Waals surface area (Å²) in [7, 11) is 0.